The maximum Gasteiger partial charge on any atom is 0.330 e. The summed E-state index contributed by atoms with van der Waals surface area (Å²) in [6, 6.07) is 11.4. The Morgan fingerprint density at radius 2 is 1.68 bits per heavy atom. The van der Waals surface area contributed by atoms with Crippen molar-refractivity contribution in [1.29, 1.82) is 0 Å². The van der Waals surface area contributed by atoms with E-state index in [9.17, 15) is 10.2 Å². The van der Waals surface area contributed by atoms with Gasteiger partial charge in [0.15, 0.2) is 0 Å². The number of aliphatic hydroxyl groups is 2. The van der Waals surface area contributed by atoms with Crippen LogP contribution in [0, 0.1) is 5.92 Å². The van der Waals surface area contributed by atoms with Crippen LogP contribution in [0.3, 0.4) is 0 Å². The summed E-state index contributed by atoms with van der Waals surface area (Å²) >= 11 is 0. The van der Waals surface area contributed by atoms with E-state index >= 15 is 0 Å². The molecule has 0 amide bonds. The van der Waals surface area contributed by atoms with Crippen LogP contribution in [-0.4, -0.2) is 46.9 Å². The molecule has 1 rings (SSSR count). The van der Waals surface area contributed by atoms with Crippen molar-refractivity contribution in [3.63, 3.8) is 0 Å². The van der Waals surface area contributed by atoms with E-state index in [1.807, 2.05) is 18.2 Å². The van der Waals surface area contributed by atoms with Gasteiger partial charge in [-0.3, -0.25) is 0 Å². The second-order valence-electron chi connectivity index (χ2n) is 6.73. The highest BCUT2D eigenvalue weighted by Gasteiger charge is 2.44. The van der Waals surface area contributed by atoms with Gasteiger partial charge in [-0.05, 0) is 30.2 Å². The van der Waals surface area contributed by atoms with Crippen LogP contribution in [0.1, 0.15) is 13.8 Å². The average Bonchev–Trinajstić information content (AvgIpc) is 2.46. The zero-order valence-electron chi connectivity index (χ0n) is 14.4. The van der Waals surface area contributed by atoms with E-state index in [2.05, 4.69) is 39.1 Å². The van der Waals surface area contributed by atoms with Crippen molar-refractivity contribution < 1.29 is 18.8 Å². The molecule has 0 bridgehead atoms. The lowest BCUT2D eigenvalue weighted by molar-refractivity contribution is 0.0996. The van der Waals surface area contributed by atoms with Crippen molar-refractivity contribution in [3.8, 4) is 0 Å². The molecule has 126 valence electrons. The summed E-state index contributed by atoms with van der Waals surface area (Å²) < 4.78 is 12.5. The van der Waals surface area contributed by atoms with Gasteiger partial charge in [0.2, 0.25) is 8.32 Å². The lowest BCUT2D eigenvalue weighted by Crippen LogP contribution is -2.57. The molecule has 1 aromatic carbocycles. The van der Waals surface area contributed by atoms with Gasteiger partial charge in [0, 0.05) is 13.2 Å². The molecule has 2 unspecified atom stereocenters. The molecule has 0 aliphatic carbocycles. The first-order valence-electron chi connectivity index (χ1n) is 7.84. The van der Waals surface area contributed by atoms with Crippen molar-refractivity contribution >= 4 is 22.1 Å². The van der Waals surface area contributed by atoms with E-state index in [1.165, 1.54) is 5.19 Å². The molecular weight excluding hydrogens is 312 g/mol. The molecule has 0 aliphatic rings. The van der Waals surface area contributed by atoms with Gasteiger partial charge in [0.25, 0.3) is 0 Å². The van der Waals surface area contributed by atoms with Crippen LogP contribution in [0.2, 0.25) is 25.2 Å². The first-order chi connectivity index (χ1) is 10.2. The molecule has 0 fully saturated rings. The van der Waals surface area contributed by atoms with Crippen LogP contribution >= 0.6 is 0 Å². The van der Waals surface area contributed by atoms with Gasteiger partial charge in [-0.15, -0.1) is 0 Å². The third kappa shape index (κ3) is 5.60. The summed E-state index contributed by atoms with van der Waals surface area (Å²) in [5, 5.41) is 20.4. The Labute approximate surface area is 136 Å². The normalized spacial score (nSPS) is 16.5. The zero-order valence-corrected chi connectivity index (χ0v) is 16.4. The Bertz CT molecular complexity index is 439. The number of benzene rings is 1. The molecule has 0 saturated heterocycles. The Hall–Kier alpha value is -0.506. The minimum absolute atomic E-state index is 0.257. The molecule has 0 radical (unpaired) electrons. The second kappa shape index (κ2) is 8.38. The van der Waals surface area contributed by atoms with Crippen LogP contribution < -0.4 is 5.19 Å². The molecule has 0 saturated carbocycles. The van der Waals surface area contributed by atoms with Crippen molar-refractivity contribution in [3.05, 3.63) is 30.3 Å². The highest BCUT2D eigenvalue weighted by Crippen LogP contribution is 2.28. The molecule has 6 heteroatoms. The van der Waals surface area contributed by atoms with E-state index in [1.54, 1.807) is 7.11 Å². The maximum atomic E-state index is 9.95. The molecule has 0 aliphatic heterocycles. The Balaban J connectivity index is 3.05. The number of hydrogen-bond donors (Lipinski definition) is 2. The van der Waals surface area contributed by atoms with Crippen molar-refractivity contribution in [2.45, 2.75) is 45.1 Å². The predicted molar refractivity (Wildman–Crippen MR) is 95.0 cm³/mol. The van der Waals surface area contributed by atoms with Crippen LogP contribution in [0.15, 0.2) is 30.3 Å². The van der Waals surface area contributed by atoms with E-state index in [4.69, 9.17) is 8.54 Å². The van der Waals surface area contributed by atoms with Gasteiger partial charge in [-0.1, -0.05) is 44.2 Å². The summed E-state index contributed by atoms with van der Waals surface area (Å²) in [6.45, 7) is 8.33. The van der Waals surface area contributed by atoms with Crippen LogP contribution in [0.25, 0.3) is 0 Å². The zero-order chi connectivity index (χ0) is 16.8. The third-order valence-corrected chi connectivity index (χ3v) is 12.3. The fourth-order valence-corrected chi connectivity index (χ4v) is 11.6. The van der Waals surface area contributed by atoms with Gasteiger partial charge < -0.3 is 18.8 Å². The van der Waals surface area contributed by atoms with Crippen molar-refractivity contribution in [2.75, 3.05) is 13.7 Å². The monoisotopic (exact) mass is 342 g/mol. The highest BCUT2D eigenvalue weighted by molar-refractivity contribution is 6.91. The van der Waals surface area contributed by atoms with Crippen molar-refractivity contribution in [1.82, 2.24) is 0 Å². The molecule has 1 aromatic rings. The standard InChI is InChI=1S/C16H30O4Si2/c1-14(2)12-22(19-3,13-15(18)11-17)20-21(4,5)16-9-7-6-8-10-16/h6-10,14-15,17-18H,11-13H2,1-5H3. The molecule has 0 heterocycles. The van der Waals surface area contributed by atoms with Gasteiger partial charge >= 0.3 is 8.56 Å². The van der Waals surface area contributed by atoms with Crippen molar-refractivity contribution in [2.24, 2.45) is 5.92 Å². The summed E-state index contributed by atoms with van der Waals surface area (Å²) in [5.41, 5.74) is 0. The van der Waals surface area contributed by atoms with E-state index < -0.39 is 23.0 Å². The topological polar surface area (TPSA) is 58.9 Å². The highest BCUT2D eigenvalue weighted by atomic mass is 28.4. The second-order valence-corrected chi connectivity index (χ2v) is 14.2. The van der Waals surface area contributed by atoms with E-state index in [-0.39, 0.29) is 6.61 Å². The quantitative estimate of drug-likeness (QED) is 0.676. The van der Waals surface area contributed by atoms with Crippen LogP contribution in [-0.2, 0) is 8.54 Å². The van der Waals surface area contributed by atoms with Gasteiger partial charge in [-0.2, -0.15) is 0 Å². The number of aliphatic hydroxyl groups excluding tert-OH is 2. The van der Waals surface area contributed by atoms with Crippen LogP contribution in [0.5, 0.6) is 0 Å². The molecule has 22 heavy (non-hydrogen) atoms. The fraction of sp³-hybridized carbons (Fsp3) is 0.625. The molecule has 0 spiro atoms. The molecule has 4 nitrogen and oxygen atoms in total. The first-order valence-corrected chi connectivity index (χ1v) is 13.0. The Kier molecular flexibility index (Phi) is 7.44. The Morgan fingerprint density at radius 3 is 2.14 bits per heavy atom. The van der Waals surface area contributed by atoms with Gasteiger partial charge in [-0.25, -0.2) is 0 Å². The number of hydrogen-bond acceptors (Lipinski definition) is 4. The SMILES string of the molecule is CO[Si](CC(C)C)(CC(O)CO)O[Si](C)(C)c1ccccc1. The smallest absolute Gasteiger partial charge is 0.330 e. The fourth-order valence-electron chi connectivity index (χ4n) is 2.78. The van der Waals surface area contributed by atoms with Gasteiger partial charge in [0.1, 0.15) is 0 Å². The minimum Gasteiger partial charge on any atom is -0.432 e. The summed E-state index contributed by atoms with van der Waals surface area (Å²) in [7, 11) is -3.05. The van der Waals surface area contributed by atoms with Crippen LogP contribution in [0.4, 0.5) is 0 Å². The molecule has 0 aromatic heterocycles. The maximum absolute atomic E-state index is 9.95. The van der Waals surface area contributed by atoms with Gasteiger partial charge in [0.05, 0.1) is 12.7 Å². The summed E-state index contributed by atoms with van der Waals surface area (Å²) in [4.78, 5) is 0. The first kappa shape index (κ1) is 19.5. The largest absolute Gasteiger partial charge is 0.432 e. The number of rotatable bonds is 9. The molecule has 2 atom stereocenters. The molecule has 2 N–H and O–H groups in total. The Morgan fingerprint density at radius 1 is 1.09 bits per heavy atom. The summed E-state index contributed by atoms with van der Waals surface area (Å²) in [6.07, 6.45) is -0.786. The van der Waals surface area contributed by atoms with E-state index in [0.29, 0.717) is 12.0 Å². The third-order valence-electron chi connectivity index (χ3n) is 3.76. The van der Waals surface area contributed by atoms with E-state index in [0.717, 1.165) is 6.04 Å². The molecular formula is C16H30O4Si2. The average molecular weight is 343 g/mol. The lowest BCUT2D eigenvalue weighted by Gasteiger charge is -2.39. The summed E-state index contributed by atoms with van der Waals surface area (Å²) in [5.74, 6) is 0.415. The predicted octanol–water partition coefficient (Wildman–Crippen LogP) is 2.21. The minimum atomic E-state index is -2.58. The lowest BCUT2D eigenvalue weighted by atomic mass is 10.3.